The minimum absolute atomic E-state index is 0.0909. The Labute approximate surface area is 103 Å². The van der Waals surface area contributed by atoms with E-state index in [2.05, 4.69) is 15.9 Å². The molecule has 2 rings (SSSR count). The Morgan fingerprint density at radius 2 is 2.38 bits per heavy atom. The molecule has 1 heterocycles. The van der Waals surface area contributed by atoms with E-state index in [1.165, 1.54) is 5.56 Å². The number of hydrogen-bond donors (Lipinski definition) is 1. The van der Waals surface area contributed by atoms with Gasteiger partial charge in [-0.25, -0.2) is 0 Å². The smallest absolute Gasteiger partial charge is 0.141 e. The van der Waals surface area contributed by atoms with E-state index in [4.69, 9.17) is 5.11 Å². The number of nitrogens with zero attached hydrogens (tertiary/aromatic N) is 1. The molecule has 0 aliphatic carbocycles. The van der Waals surface area contributed by atoms with E-state index >= 15 is 0 Å². The molecule has 1 unspecified atom stereocenters. The van der Waals surface area contributed by atoms with Crippen molar-refractivity contribution in [2.24, 2.45) is 0 Å². The van der Waals surface area contributed by atoms with Crippen molar-refractivity contribution in [3.05, 3.63) is 33.8 Å². The molecule has 4 heteroatoms. The maximum Gasteiger partial charge on any atom is 0.141 e. The van der Waals surface area contributed by atoms with Gasteiger partial charge in [-0.3, -0.25) is 4.90 Å². The van der Waals surface area contributed by atoms with E-state index in [9.17, 15) is 4.79 Å². The molecule has 3 nitrogen and oxygen atoms in total. The standard InChI is InChI=1S/C12H14BrNO2/c13-11-3-1-2-10-9(11)4-5-14(6-7-15)12(10)8-16/h1-3,8,12,15H,4-7H2. The summed E-state index contributed by atoms with van der Waals surface area (Å²) >= 11 is 3.51. The molecular formula is C12H14BrNO2. The molecule has 0 aromatic heterocycles. The van der Waals surface area contributed by atoms with Gasteiger partial charge in [-0.05, 0) is 23.6 Å². The summed E-state index contributed by atoms with van der Waals surface area (Å²) < 4.78 is 1.07. The largest absolute Gasteiger partial charge is 0.395 e. The van der Waals surface area contributed by atoms with Gasteiger partial charge in [0.2, 0.25) is 0 Å². The molecule has 1 aliphatic heterocycles. The van der Waals surface area contributed by atoms with Gasteiger partial charge in [-0.2, -0.15) is 0 Å². The summed E-state index contributed by atoms with van der Waals surface area (Å²) in [6, 6.07) is 5.72. The maximum atomic E-state index is 11.2. The highest BCUT2D eigenvalue weighted by molar-refractivity contribution is 9.10. The molecule has 1 aromatic rings. The second kappa shape index (κ2) is 5.08. The van der Waals surface area contributed by atoms with Gasteiger partial charge in [0.15, 0.2) is 0 Å². The first-order valence-corrected chi connectivity index (χ1v) is 6.14. The Morgan fingerprint density at radius 1 is 1.56 bits per heavy atom. The number of β-amino-alcohol motifs (C(OH)–C–C–N with tert-alkyl or cyclic N) is 1. The van der Waals surface area contributed by atoms with E-state index < -0.39 is 0 Å². The lowest BCUT2D eigenvalue weighted by Crippen LogP contribution is -2.38. The number of benzene rings is 1. The SMILES string of the molecule is O=CC1c2cccc(Br)c2CCN1CCO. The fourth-order valence-electron chi connectivity index (χ4n) is 2.25. The predicted molar refractivity (Wildman–Crippen MR) is 65.3 cm³/mol. The minimum Gasteiger partial charge on any atom is -0.395 e. The summed E-state index contributed by atoms with van der Waals surface area (Å²) in [5, 5.41) is 8.97. The number of carbonyl (C=O) groups excluding carboxylic acids is 1. The molecule has 1 atom stereocenters. The number of rotatable bonds is 3. The van der Waals surface area contributed by atoms with Gasteiger partial charge in [0.25, 0.3) is 0 Å². The molecular weight excluding hydrogens is 270 g/mol. The number of aldehydes is 1. The number of halogens is 1. The first-order chi connectivity index (χ1) is 7.77. The van der Waals surface area contributed by atoms with Crippen LogP contribution in [-0.2, 0) is 11.2 Å². The van der Waals surface area contributed by atoms with Gasteiger partial charge in [0, 0.05) is 17.6 Å². The molecule has 1 aliphatic rings. The maximum absolute atomic E-state index is 11.2. The molecule has 0 amide bonds. The Balaban J connectivity index is 2.37. The van der Waals surface area contributed by atoms with E-state index in [0.717, 1.165) is 29.3 Å². The molecule has 0 bridgehead atoms. The quantitative estimate of drug-likeness (QED) is 0.856. The highest BCUT2D eigenvalue weighted by Gasteiger charge is 2.27. The molecule has 16 heavy (non-hydrogen) atoms. The summed E-state index contributed by atoms with van der Waals surface area (Å²) in [5.41, 5.74) is 2.28. The van der Waals surface area contributed by atoms with Crippen molar-refractivity contribution in [2.45, 2.75) is 12.5 Å². The highest BCUT2D eigenvalue weighted by atomic mass is 79.9. The highest BCUT2D eigenvalue weighted by Crippen LogP contribution is 2.32. The van der Waals surface area contributed by atoms with Gasteiger partial charge in [0.1, 0.15) is 6.29 Å². The normalized spacial score (nSPS) is 20.5. The summed E-state index contributed by atoms with van der Waals surface area (Å²) in [6.07, 6.45) is 1.88. The molecule has 0 spiro atoms. The third kappa shape index (κ3) is 2.05. The number of carbonyl (C=O) groups is 1. The Bertz CT molecular complexity index is 395. The molecule has 0 saturated carbocycles. The lowest BCUT2D eigenvalue weighted by molar-refractivity contribution is -0.113. The van der Waals surface area contributed by atoms with E-state index in [0.29, 0.717) is 6.54 Å². The van der Waals surface area contributed by atoms with Crippen molar-refractivity contribution in [2.75, 3.05) is 19.7 Å². The Kier molecular flexibility index (Phi) is 3.74. The third-order valence-electron chi connectivity index (χ3n) is 3.03. The van der Waals surface area contributed by atoms with Crippen molar-refractivity contribution < 1.29 is 9.90 Å². The van der Waals surface area contributed by atoms with Crippen LogP contribution >= 0.6 is 15.9 Å². The fraction of sp³-hybridized carbons (Fsp3) is 0.417. The molecule has 1 aromatic carbocycles. The van der Waals surface area contributed by atoms with Crippen LogP contribution < -0.4 is 0 Å². The van der Waals surface area contributed by atoms with Crippen molar-refractivity contribution in [3.63, 3.8) is 0 Å². The van der Waals surface area contributed by atoms with Gasteiger partial charge in [-0.1, -0.05) is 28.1 Å². The predicted octanol–water partition coefficient (Wildman–Crippen LogP) is 1.54. The van der Waals surface area contributed by atoms with Crippen molar-refractivity contribution >= 4 is 22.2 Å². The average molecular weight is 284 g/mol. The molecule has 0 radical (unpaired) electrons. The van der Waals surface area contributed by atoms with Crippen LogP contribution in [0.2, 0.25) is 0 Å². The van der Waals surface area contributed by atoms with Gasteiger partial charge in [-0.15, -0.1) is 0 Å². The average Bonchev–Trinajstić information content (AvgIpc) is 2.29. The van der Waals surface area contributed by atoms with E-state index in [-0.39, 0.29) is 12.6 Å². The van der Waals surface area contributed by atoms with Crippen LogP contribution in [0.3, 0.4) is 0 Å². The molecule has 0 saturated heterocycles. The Morgan fingerprint density at radius 3 is 3.06 bits per heavy atom. The molecule has 0 fully saturated rings. The van der Waals surface area contributed by atoms with Crippen LogP contribution in [0, 0.1) is 0 Å². The van der Waals surface area contributed by atoms with Crippen LogP contribution in [0.4, 0.5) is 0 Å². The number of aliphatic hydroxyl groups is 1. The van der Waals surface area contributed by atoms with Gasteiger partial charge < -0.3 is 9.90 Å². The second-order valence-corrected chi connectivity index (χ2v) is 4.75. The summed E-state index contributed by atoms with van der Waals surface area (Å²) in [5.74, 6) is 0. The third-order valence-corrected chi connectivity index (χ3v) is 3.78. The van der Waals surface area contributed by atoms with Crippen molar-refractivity contribution in [3.8, 4) is 0 Å². The summed E-state index contributed by atoms with van der Waals surface area (Å²) in [7, 11) is 0. The zero-order valence-electron chi connectivity index (χ0n) is 8.90. The summed E-state index contributed by atoms with van der Waals surface area (Å²) in [6.45, 7) is 1.46. The topological polar surface area (TPSA) is 40.5 Å². The van der Waals surface area contributed by atoms with E-state index in [1.54, 1.807) is 0 Å². The monoisotopic (exact) mass is 283 g/mol. The van der Waals surface area contributed by atoms with Crippen LogP contribution in [0.1, 0.15) is 17.2 Å². The van der Waals surface area contributed by atoms with Crippen LogP contribution in [-0.4, -0.2) is 36.0 Å². The zero-order valence-corrected chi connectivity index (χ0v) is 10.5. The molecule has 1 N–H and O–H groups in total. The number of hydrogen-bond acceptors (Lipinski definition) is 3. The minimum atomic E-state index is -0.214. The van der Waals surface area contributed by atoms with Crippen LogP contribution in [0.25, 0.3) is 0 Å². The van der Waals surface area contributed by atoms with Gasteiger partial charge >= 0.3 is 0 Å². The number of aliphatic hydroxyl groups excluding tert-OH is 1. The lowest BCUT2D eigenvalue weighted by atomic mass is 9.93. The van der Waals surface area contributed by atoms with Crippen molar-refractivity contribution in [1.29, 1.82) is 0 Å². The first-order valence-electron chi connectivity index (χ1n) is 5.35. The Hall–Kier alpha value is -0.710. The number of fused-ring (bicyclic) bond motifs is 1. The van der Waals surface area contributed by atoms with Gasteiger partial charge in [0.05, 0.1) is 12.6 Å². The summed E-state index contributed by atoms with van der Waals surface area (Å²) in [4.78, 5) is 13.2. The van der Waals surface area contributed by atoms with Crippen LogP contribution in [0.15, 0.2) is 22.7 Å². The second-order valence-electron chi connectivity index (χ2n) is 3.90. The van der Waals surface area contributed by atoms with Crippen LogP contribution in [0.5, 0.6) is 0 Å². The lowest BCUT2D eigenvalue weighted by Gasteiger charge is -2.34. The fourth-order valence-corrected chi connectivity index (χ4v) is 2.83. The zero-order chi connectivity index (χ0) is 11.5. The van der Waals surface area contributed by atoms with Crippen molar-refractivity contribution in [1.82, 2.24) is 4.90 Å². The molecule has 86 valence electrons. The first kappa shape index (κ1) is 11.8. The van der Waals surface area contributed by atoms with E-state index in [1.807, 2.05) is 23.1 Å².